The molecule has 0 N–H and O–H groups in total. The highest BCUT2D eigenvalue weighted by atomic mass is 16.6. The molecule has 0 radical (unpaired) electrons. The van der Waals surface area contributed by atoms with Gasteiger partial charge in [0, 0.05) is 24.6 Å². The lowest BCUT2D eigenvalue weighted by atomic mass is 9.71. The van der Waals surface area contributed by atoms with Crippen LogP contribution in [-0.4, -0.2) is 11.9 Å². The molecule has 4 rings (SSSR count). The van der Waals surface area contributed by atoms with Crippen LogP contribution in [0.1, 0.15) is 57.2 Å². The zero-order valence-corrected chi connectivity index (χ0v) is 16.9. The number of ether oxygens (including phenoxy) is 2. The first-order chi connectivity index (χ1) is 13.2. The molecule has 0 amide bonds. The van der Waals surface area contributed by atoms with Crippen LogP contribution in [0.25, 0.3) is 21.7 Å². The van der Waals surface area contributed by atoms with Crippen molar-refractivity contribution in [1.82, 2.24) is 0 Å². The fourth-order valence-electron chi connectivity index (χ4n) is 4.47. The van der Waals surface area contributed by atoms with Gasteiger partial charge in [-0.15, -0.1) is 0 Å². The lowest BCUT2D eigenvalue weighted by Gasteiger charge is -2.33. The van der Waals surface area contributed by atoms with E-state index in [1.807, 2.05) is 13.0 Å². The van der Waals surface area contributed by atoms with Crippen LogP contribution >= 0.6 is 0 Å². The van der Waals surface area contributed by atoms with Crippen LogP contribution in [-0.2, 0) is 21.4 Å². The molecule has 0 bridgehead atoms. The zero-order chi connectivity index (χ0) is 20.2. The molecule has 1 aromatic heterocycles. The van der Waals surface area contributed by atoms with Crippen molar-refractivity contribution in [1.29, 1.82) is 0 Å². The first-order valence-corrected chi connectivity index (χ1v) is 9.57. The third kappa shape index (κ3) is 2.77. The van der Waals surface area contributed by atoms with Gasteiger partial charge >= 0.3 is 11.9 Å². The van der Waals surface area contributed by atoms with E-state index in [0.29, 0.717) is 16.7 Å². The van der Waals surface area contributed by atoms with Gasteiger partial charge in [0.2, 0.25) is 0 Å². The number of benzene rings is 2. The van der Waals surface area contributed by atoms with Crippen molar-refractivity contribution in [3.63, 3.8) is 0 Å². The van der Waals surface area contributed by atoms with E-state index in [9.17, 15) is 9.59 Å². The molecule has 1 aliphatic rings. The van der Waals surface area contributed by atoms with Crippen molar-refractivity contribution in [2.45, 2.75) is 59.3 Å². The predicted molar refractivity (Wildman–Crippen MR) is 107 cm³/mol. The van der Waals surface area contributed by atoms with E-state index in [-0.39, 0.29) is 11.2 Å². The molecular formula is C23H24O5. The monoisotopic (exact) mass is 380 g/mol. The largest absolute Gasteiger partial charge is 0.463 e. The molecule has 1 heterocycles. The van der Waals surface area contributed by atoms with Gasteiger partial charge < -0.3 is 13.9 Å². The molecule has 2 aromatic carbocycles. The van der Waals surface area contributed by atoms with Crippen LogP contribution in [0.2, 0.25) is 0 Å². The Morgan fingerprint density at radius 1 is 1.04 bits per heavy atom. The van der Waals surface area contributed by atoms with Crippen LogP contribution in [0, 0.1) is 6.92 Å². The number of rotatable bonds is 2. The molecule has 0 fully saturated rings. The first kappa shape index (κ1) is 18.5. The highest BCUT2D eigenvalue weighted by molar-refractivity contribution is 6.14. The Hall–Kier alpha value is -2.82. The van der Waals surface area contributed by atoms with E-state index < -0.39 is 11.9 Å². The second kappa shape index (κ2) is 6.36. The molecule has 146 valence electrons. The van der Waals surface area contributed by atoms with E-state index in [0.717, 1.165) is 41.2 Å². The molecule has 28 heavy (non-hydrogen) atoms. The molecule has 0 spiro atoms. The summed E-state index contributed by atoms with van der Waals surface area (Å²) < 4.78 is 17.1. The molecule has 0 saturated carbocycles. The molecule has 0 saturated heterocycles. The van der Waals surface area contributed by atoms with Gasteiger partial charge in [-0.25, -0.2) is 0 Å². The summed E-state index contributed by atoms with van der Waals surface area (Å²) in [4.78, 5) is 23.8. The summed E-state index contributed by atoms with van der Waals surface area (Å²) in [5, 5.41) is 2.33. The van der Waals surface area contributed by atoms with Crippen molar-refractivity contribution < 1.29 is 23.5 Å². The van der Waals surface area contributed by atoms with Crippen molar-refractivity contribution in [2.75, 3.05) is 0 Å². The Kier molecular flexibility index (Phi) is 4.21. The van der Waals surface area contributed by atoms with Gasteiger partial charge in [-0.2, -0.15) is 0 Å². The minimum atomic E-state index is -0.472. The summed E-state index contributed by atoms with van der Waals surface area (Å²) in [6, 6.07) is 4.17. The smallest absolute Gasteiger partial charge is 0.308 e. The molecule has 1 aliphatic carbocycles. The lowest BCUT2D eigenvalue weighted by molar-refractivity contribution is -0.134. The average Bonchev–Trinajstić information content (AvgIpc) is 2.98. The van der Waals surface area contributed by atoms with Crippen LogP contribution in [0.15, 0.2) is 22.8 Å². The maximum atomic E-state index is 12.0. The normalized spacial score (nSPS) is 15.5. The fourth-order valence-corrected chi connectivity index (χ4v) is 4.47. The third-order valence-electron chi connectivity index (χ3n) is 5.64. The number of fused-ring (bicyclic) bond motifs is 5. The standard InChI is InChI=1S/C23H24O5/c1-12-11-26-20-16-8-9-17-15(7-6-10-23(17,4)5)19(16)22(28-14(3)25)21(18(12)20)27-13(2)24/h8-9,11H,6-7,10H2,1-5H3. The highest BCUT2D eigenvalue weighted by Crippen LogP contribution is 2.50. The number of esters is 2. The second-order valence-electron chi connectivity index (χ2n) is 8.22. The Bertz CT molecular complexity index is 1130. The number of furan rings is 1. The summed E-state index contributed by atoms with van der Waals surface area (Å²) >= 11 is 0. The van der Waals surface area contributed by atoms with Gasteiger partial charge in [0.15, 0.2) is 11.5 Å². The lowest BCUT2D eigenvalue weighted by Crippen LogP contribution is -2.24. The van der Waals surface area contributed by atoms with E-state index in [1.165, 1.54) is 19.4 Å². The fraction of sp³-hybridized carbons (Fsp3) is 0.391. The van der Waals surface area contributed by atoms with Gasteiger partial charge in [0.25, 0.3) is 0 Å². The van der Waals surface area contributed by atoms with E-state index in [1.54, 1.807) is 6.26 Å². The van der Waals surface area contributed by atoms with Crippen LogP contribution in [0.5, 0.6) is 11.5 Å². The van der Waals surface area contributed by atoms with Gasteiger partial charge in [-0.05, 0) is 48.3 Å². The van der Waals surface area contributed by atoms with Crippen molar-refractivity contribution in [3.05, 3.63) is 35.1 Å². The summed E-state index contributed by atoms with van der Waals surface area (Å²) in [7, 11) is 0. The number of hydrogen-bond donors (Lipinski definition) is 0. The Labute approximate surface area is 163 Å². The summed E-state index contributed by atoms with van der Waals surface area (Å²) in [5.74, 6) is -0.361. The highest BCUT2D eigenvalue weighted by Gasteiger charge is 2.32. The zero-order valence-electron chi connectivity index (χ0n) is 16.9. The van der Waals surface area contributed by atoms with Gasteiger partial charge in [0.1, 0.15) is 5.58 Å². The summed E-state index contributed by atoms with van der Waals surface area (Å²) in [5.41, 5.74) is 3.85. The third-order valence-corrected chi connectivity index (χ3v) is 5.64. The van der Waals surface area contributed by atoms with Gasteiger partial charge in [-0.3, -0.25) is 9.59 Å². The summed E-state index contributed by atoms with van der Waals surface area (Å²) in [6.07, 6.45) is 4.64. The number of aryl methyl sites for hydroxylation is 2. The van der Waals surface area contributed by atoms with E-state index in [4.69, 9.17) is 13.9 Å². The molecule has 0 aliphatic heterocycles. The van der Waals surface area contributed by atoms with E-state index in [2.05, 4.69) is 19.9 Å². The van der Waals surface area contributed by atoms with Crippen molar-refractivity contribution in [3.8, 4) is 11.5 Å². The molecule has 0 unspecified atom stereocenters. The minimum Gasteiger partial charge on any atom is -0.463 e. The quantitative estimate of drug-likeness (QED) is 0.442. The Balaban J connectivity index is 2.22. The van der Waals surface area contributed by atoms with Gasteiger partial charge in [0.05, 0.1) is 11.6 Å². The van der Waals surface area contributed by atoms with Crippen molar-refractivity contribution in [2.24, 2.45) is 0 Å². The molecule has 0 atom stereocenters. The Morgan fingerprint density at radius 2 is 1.68 bits per heavy atom. The molecular weight excluding hydrogens is 356 g/mol. The number of carbonyl (C=O) groups is 2. The number of carbonyl (C=O) groups excluding carboxylic acids is 2. The van der Waals surface area contributed by atoms with Crippen LogP contribution in [0.3, 0.4) is 0 Å². The first-order valence-electron chi connectivity index (χ1n) is 9.57. The maximum absolute atomic E-state index is 12.0. The SMILES string of the molecule is CC(=O)Oc1c(OC(C)=O)c2c(C)coc2c2ccc3c(c12)CCCC3(C)C. The van der Waals surface area contributed by atoms with Crippen LogP contribution in [0.4, 0.5) is 0 Å². The predicted octanol–water partition coefficient (Wildman–Crippen LogP) is 5.36. The van der Waals surface area contributed by atoms with Crippen LogP contribution < -0.4 is 9.47 Å². The van der Waals surface area contributed by atoms with Gasteiger partial charge in [-0.1, -0.05) is 26.0 Å². The summed E-state index contributed by atoms with van der Waals surface area (Å²) in [6.45, 7) is 9.03. The topological polar surface area (TPSA) is 65.7 Å². The maximum Gasteiger partial charge on any atom is 0.308 e. The minimum absolute atomic E-state index is 0.0188. The van der Waals surface area contributed by atoms with Crippen molar-refractivity contribution >= 4 is 33.7 Å². The molecule has 5 nitrogen and oxygen atoms in total. The number of hydrogen-bond acceptors (Lipinski definition) is 5. The molecule has 3 aromatic rings. The molecule has 5 heteroatoms. The van der Waals surface area contributed by atoms with E-state index >= 15 is 0 Å². The average molecular weight is 380 g/mol. The Morgan fingerprint density at radius 3 is 2.32 bits per heavy atom. The second-order valence-corrected chi connectivity index (χ2v) is 8.22.